The van der Waals surface area contributed by atoms with Gasteiger partial charge in [0, 0.05) is 5.56 Å². The lowest BCUT2D eigenvalue weighted by Crippen LogP contribution is -2.22. The zero-order valence-electron chi connectivity index (χ0n) is 17.6. The summed E-state index contributed by atoms with van der Waals surface area (Å²) in [6, 6.07) is 21.9. The Hall–Kier alpha value is -4.00. The van der Waals surface area contributed by atoms with Crippen LogP contribution in [0.15, 0.2) is 89.7 Å². The molecule has 1 aromatic heterocycles. The Balaban J connectivity index is 1.92. The molecule has 1 heterocycles. The fourth-order valence-electron chi connectivity index (χ4n) is 3.64. The van der Waals surface area contributed by atoms with Crippen molar-refractivity contribution < 1.29 is 23.1 Å². The highest BCUT2D eigenvalue weighted by Crippen LogP contribution is 2.35. The summed E-state index contributed by atoms with van der Waals surface area (Å²) in [7, 11) is 0. The number of halogens is 3. The molecular weight excluding hydrogens is 431 g/mol. The Bertz CT molecular complexity index is 1310. The Morgan fingerprint density at radius 2 is 1.45 bits per heavy atom. The number of hydrogen-bond donors (Lipinski definition) is 1. The Morgan fingerprint density at radius 3 is 2.03 bits per heavy atom. The maximum absolute atomic E-state index is 13.3. The molecule has 0 saturated carbocycles. The van der Waals surface area contributed by atoms with E-state index in [9.17, 15) is 23.2 Å². The lowest BCUT2D eigenvalue weighted by atomic mass is 9.93. The molecule has 0 amide bonds. The summed E-state index contributed by atoms with van der Waals surface area (Å²) in [5.41, 5.74) is 0.835. The van der Waals surface area contributed by atoms with Crippen molar-refractivity contribution in [2.24, 2.45) is 0 Å². The second-order valence-electron chi connectivity index (χ2n) is 7.33. The first kappa shape index (κ1) is 22.2. The lowest BCUT2D eigenvalue weighted by molar-refractivity contribution is -0.137. The third kappa shape index (κ3) is 4.48. The van der Waals surface area contributed by atoms with Gasteiger partial charge in [-0.05, 0) is 66.1 Å². The van der Waals surface area contributed by atoms with Gasteiger partial charge in [-0.1, -0.05) is 42.5 Å². The first-order chi connectivity index (χ1) is 15.8. The van der Waals surface area contributed by atoms with Crippen molar-refractivity contribution in [3.8, 4) is 39.3 Å². The van der Waals surface area contributed by atoms with Crippen LogP contribution in [0.3, 0.4) is 0 Å². The first-order valence-corrected chi connectivity index (χ1v) is 10.2. The molecule has 4 aromatic rings. The molecule has 1 N–H and O–H groups in total. The van der Waals surface area contributed by atoms with Crippen molar-refractivity contribution in [2.45, 2.75) is 13.1 Å². The number of rotatable bonds is 5. The summed E-state index contributed by atoms with van der Waals surface area (Å²) in [5, 5.41) is 10.7. The number of hydrogen-bond acceptors (Lipinski definition) is 3. The fourth-order valence-corrected chi connectivity index (χ4v) is 3.64. The van der Waals surface area contributed by atoms with Gasteiger partial charge >= 0.3 is 6.18 Å². The minimum Gasteiger partial charge on any atom is -0.494 e. The Morgan fingerprint density at radius 1 is 0.848 bits per heavy atom. The van der Waals surface area contributed by atoms with E-state index in [4.69, 9.17) is 4.74 Å². The van der Waals surface area contributed by atoms with E-state index in [0.29, 0.717) is 33.8 Å². The normalized spacial score (nSPS) is 11.4. The van der Waals surface area contributed by atoms with Crippen molar-refractivity contribution >= 4 is 0 Å². The van der Waals surface area contributed by atoms with Crippen LogP contribution in [0.4, 0.5) is 13.2 Å². The maximum atomic E-state index is 13.3. The molecule has 0 spiro atoms. The minimum absolute atomic E-state index is 0.104. The summed E-state index contributed by atoms with van der Waals surface area (Å²) in [6.45, 7) is 2.37. The van der Waals surface area contributed by atoms with Gasteiger partial charge in [-0.15, -0.1) is 4.73 Å². The first-order valence-electron chi connectivity index (χ1n) is 10.2. The number of ether oxygens (including phenoxy) is 1. The van der Waals surface area contributed by atoms with Crippen LogP contribution in [-0.2, 0) is 6.18 Å². The van der Waals surface area contributed by atoms with Gasteiger partial charge in [0.1, 0.15) is 5.75 Å². The number of aromatic nitrogens is 1. The predicted molar refractivity (Wildman–Crippen MR) is 120 cm³/mol. The summed E-state index contributed by atoms with van der Waals surface area (Å²) in [5.74, 6) is 0.651. The summed E-state index contributed by atoms with van der Waals surface area (Å²) in [6.07, 6.45) is -4.49. The van der Waals surface area contributed by atoms with Gasteiger partial charge in [0.05, 0.1) is 23.4 Å². The van der Waals surface area contributed by atoms with Crippen LogP contribution >= 0.6 is 0 Å². The molecule has 7 heteroatoms. The minimum atomic E-state index is -4.49. The van der Waals surface area contributed by atoms with Crippen molar-refractivity contribution in [3.05, 3.63) is 101 Å². The van der Waals surface area contributed by atoms with E-state index in [1.54, 1.807) is 54.6 Å². The molecule has 3 aromatic carbocycles. The second-order valence-corrected chi connectivity index (χ2v) is 7.33. The Kier molecular flexibility index (Phi) is 5.96. The zero-order valence-corrected chi connectivity index (χ0v) is 17.6. The van der Waals surface area contributed by atoms with Crippen LogP contribution in [0.2, 0.25) is 0 Å². The van der Waals surface area contributed by atoms with Gasteiger partial charge in [0.15, 0.2) is 0 Å². The lowest BCUT2D eigenvalue weighted by Gasteiger charge is -2.16. The van der Waals surface area contributed by atoms with Gasteiger partial charge in [-0.25, -0.2) is 0 Å². The number of alkyl halides is 3. The zero-order chi connectivity index (χ0) is 23.6. The number of nitrogens with zero attached hydrogens (tertiary/aromatic N) is 1. The van der Waals surface area contributed by atoms with Gasteiger partial charge in [-0.2, -0.15) is 13.2 Å². The highest BCUT2D eigenvalue weighted by atomic mass is 19.4. The summed E-state index contributed by atoms with van der Waals surface area (Å²) >= 11 is 0. The predicted octanol–water partition coefficient (Wildman–Crippen LogP) is 6.50. The molecule has 0 saturated heterocycles. The van der Waals surface area contributed by atoms with E-state index >= 15 is 0 Å². The van der Waals surface area contributed by atoms with E-state index < -0.39 is 17.3 Å². The van der Waals surface area contributed by atoms with Crippen LogP contribution in [0.5, 0.6) is 5.75 Å². The average Bonchev–Trinajstić information content (AvgIpc) is 2.82. The van der Waals surface area contributed by atoms with Crippen LogP contribution in [-0.4, -0.2) is 16.5 Å². The van der Waals surface area contributed by atoms with Crippen molar-refractivity contribution in [1.29, 1.82) is 0 Å². The fraction of sp³-hybridized carbons (Fsp3) is 0.115. The monoisotopic (exact) mass is 451 g/mol. The van der Waals surface area contributed by atoms with Crippen molar-refractivity contribution in [3.63, 3.8) is 0 Å². The van der Waals surface area contributed by atoms with E-state index in [2.05, 4.69) is 0 Å². The molecule has 0 aliphatic rings. The van der Waals surface area contributed by atoms with Crippen molar-refractivity contribution in [1.82, 2.24) is 4.73 Å². The third-order valence-electron chi connectivity index (χ3n) is 5.23. The second kappa shape index (κ2) is 8.86. The summed E-state index contributed by atoms with van der Waals surface area (Å²) < 4.78 is 45.0. The van der Waals surface area contributed by atoms with Crippen LogP contribution in [0, 0.1) is 0 Å². The van der Waals surface area contributed by atoms with Crippen LogP contribution < -0.4 is 10.3 Å². The molecule has 168 valence electrons. The molecule has 4 rings (SSSR count). The average molecular weight is 451 g/mol. The van der Waals surface area contributed by atoms with Gasteiger partial charge in [0.25, 0.3) is 5.56 Å². The van der Waals surface area contributed by atoms with Gasteiger partial charge in [-0.3, -0.25) is 4.79 Å². The van der Waals surface area contributed by atoms with E-state index in [0.717, 1.165) is 12.1 Å². The Labute approximate surface area is 188 Å². The maximum Gasteiger partial charge on any atom is 0.416 e. The third-order valence-corrected chi connectivity index (χ3v) is 5.23. The SMILES string of the molecule is CCOc1ccc(-c2cc(-c3ccccc3)c(-c3ccc(C(F)(F)F)cc3)c(=O)n2O)cc1. The molecule has 0 aliphatic heterocycles. The molecule has 0 unspecified atom stereocenters. The highest BCUT2D eigenvalue weighted by Gasteiger charge is 2.30. The molecule has 0 fully saturated rings. The molecule has 0 aliphatic carbocycles. The van der Waals surface area contributed by atoms with Crippen molar-refractivity contribution in [2.75, 3.05) is 6.61 Å². The van der Waals surface area contributed by atoms with E-state index in [1.807, 2.05) is 13.0 Å². The van der Waals surface area contributed by atoms with Crippen LogP contribution in [0.25, 0.3) is 33.5 Å². The number of benzene rings is 3. The van der Waals surface area contributed by atoms with E-state index in [1.165, 1.54) is 12.1 Å². The molecule has 0 bridgehead atoms. The molecule has 0 atom stereocenters. The quantitative estimate of drug-likeness (QED) is 0.352. The molecule has 0 radical (unpaired) electrons. The van der Waals surface area contributed by atoms with Crippen LogP contribution in [0.1, 0.15) is 12.5 Å². The molecule has 33 heavy (non-hydrogen) atoms. The number of pyridine rings is 1. The largest absolute Gasteiger partial charge is 0.494 e. The van der Waals surface area contributed by atoms with Gasteiger partial charge < -0.3 is 9.94 Å². The van der Waals surface area contributed by atoms with Gasteiger partial charge in [0.2, 0.25) is 0 Å². The molecular formula is C26H20F3NO3. The summed E-state index contributed by atoms with van der Waals surface area (Å²) in [4.78, 5) is 13.3. The smallest absolute Gasteiger partial charge is 0.416 e. The van der Waals surface area contributed by atoms with E-state index in [-0.39, 0.29) is 16.8 Å². The standard InChI is InChI=1S/C26H20F3NO3/c1-2-33-21-14-10-18(11-15-21)23-16-22(17-6-4-3-5-7-17)24(25(31)30(23)32)19-8-12-20(13-9-19)26(27,28)29/h3-16,32H,2H2,1H3. The highest BCUT2D eigenvalue weighted by molar-refractivity contribution is 5.85. The topological polar surface area (TPSA) is 51.5 Å². The molecule has 4 nitrogen and oxygen atoms in total.